The molecule has 1 aliphatic heterocycles. The molecule has 1 heterocycles. The topological polar surface area (TPSA) is 53.6 Å². The number of hydrogen-bond acceptors (Lipinski definition) is 3. The maximum absolute atomic E-state index is 12.0. The summed E-state index contributed by atoms with van der Waals surface area (Å²) in [5.41, 5.74) is 0. The summed E-state index contributed by atoms with van der Waals surface area (Å²) in [5.74, 6) is 1.58. The summed E-state index contributed by atoms with van der Waals surface area (Å²) in [5, 5.41) is 6.11. The monoisotopic (exact) mass is 311 g/mol. The number of nitrogens with one attached hydrogen (secondary N) is 2. The molecule has 2 fully saturated rings. The van der Waals surface area contributed by atoms with E-state index in [9.17, 15) is 4.79 Å². The second kappa shape index (κ2) is 9.36. The minimum absolute atomic E-state index is 0.0154. The number of rotatable bonds is 6. The average molecular weight is 311 g/mol. The maximum Gasteiger partial charge on any atom is 0.315 e. The summed E-state index contributed by atoms with van der Waals surface area (Å²) in [4.78, 5) is 14.3. The maximum atomic E-state index is 12.0. The van der Waals surface area contributed by atoms with Gasteiger partial charge in [-0.2, -0.15) is 0 Å². The van der Waals surface area contributed by atoms with Gasteiger partial charge in [0, 0.05) is 32.2 Å². The number of nitrogens with zero attached hydrogens (tertiary/aromatic N) is 1. The predicted octanol–water partition coefficient (Wildman–Crippen LogP) is 2.22. The highest BCUT2D eigenvalue weighted by Gasteiger charge is 2.21. The third kappa shape index (κ3) is 6.13. The molecule has 1 saturated heterocycles. The molecule has 2 rings (SSSR count). The molecule has 0 aromatic carbocycles. The molecule has 1 aliphatic carbocycles. The lowest BCUT2D eigenvalue weighted by molar-refractivity contribution is 0.0349. The molecule has 0 aromatic rings. The van der Waals surface area contributed by atoms with E-state index in [2.05, 4.69) is 29.4 Å². The third-order valence-electron chi connectivity index (χ3n) is 5.11. The molecule has 5 nitrogen and oxygen atoms in total. The lowest BCUT2D eigenvalue weighted by Crippen LogP contribution is -2.49. The van der Waals surface area contributed by atoms with E-state index in [4.69, 9.17) is 4.74 Å². The van der Waals surface area contributed by atoms with Crippen molar-refractivity contribution in [2.75, 3.05) is 39.4 Å². The van der Waals surface area contributed by atoms with E-state index in [1.807, 2.05) is 0 Å². The Morgan fingerprint density at radius 2 is 1.82 bits per heavy atom. The van der Waals surface area contributed by atoms with Crippen molar-refractivity contribution >= 4 is 6.03 Å². The van der Waals surface area contributed by atoms with Crippen molar-refractivity contribution in [3.8, 4) is 0 Å². The third-order valence-corrected chi connectivity index (χ3v) is 5.11. The van der Waals surface area contributed by atoms with Crippen LogP contribution < -0.4 is 10.6 Å². The van der Waals surface area contributed by atoms with E-state index < -0.39 is 0 Å². The van der Waals surface area contributed by atoms with E-state index >= 15 is 0 Å². The van der Waals surface area contributed by atoms with Gasteiger partial charge in [0.1, 0.15) is 0 Å². The van der Waals surface area contributed by atoms with Crippen LogP contribution in [0.3, 0.4) is 0 Å². The lowest BCUT2D eigenvalue weighted by Gasteiger charge is -2.30. The molecule has 128 valence electrons. The lowest BCUT2D eigenvalue weighted by atomic mass is 9.81. The second-order valence-electron chi connectivity index (χ2n) is 6.96. The fourth-order valence-corrected chi connectivity index (χ4v) is 3.57. The van der Waals surface area contributed by atoms with Gasteiger partial charge in [-0.15, -0.1) is 0 Å². The van der Waals surface area contributed by atoms with Crippen LogP contribution in [0.25, 0.3) is 0 Å². The van der Waals surface area contributed by atoms with Gasteiger partial charge in [0.25, 0.3) is 0 Å². The fraction of sp³-hybridized carbons (Fsp3) is 0.941. The first kappa shape index (κ1) is 17.5. The summed E-state index contributed by atoms with van der Waals surface area (Å²) in [6.45, 7) is 9.63. The average Bonchev–Trinajstić information content (AvgIpc) is 2.54. The Bertz CT molecular complexity index is 324. The highest BCUT2D eigenvalue weighted by Crippen LogP contribution is 2.29. The molecule has 1 unspecified atom stereocenters. The van der Waals surface area contributed by atoms with Crippen molar-refractivity contribution < 1.29 is 9.53 Å². The van der Waals surface area contributed by atoms with Crippen LogP contribution in [0.2, 0.25) is 0 Å². The summed E-state index contributed by atoms with van der Waals surface area (Å²) < 4.78 is 5.34. The van der Waals surface area contributed by atoms with Crippen LogP contribution in [0.4, 0.5) is 4.79 Å². The number of hydrogen-bond donors (Lipinski definition) is 2. The van der Waals surface area contributed by atoms with Gasteiger partial charge in [0.05, 0.1) is 13.2 Å². The van der Waals surface area contributed by atoms with Crippen LogP contribution in [0, 0.1) is 11.8 Å². The molecule has 1 atom stereocenters. The highest BCUT2D eigenvalue weighted by atomic mass is 16.5. The van der Waals surface area contributed by atoms with Crippen molar-refractivity contribution in [1.29, 1.82) is 0 Å². The van der Waals surface area contributed by atoms with Crippen molar-refractivity contribution in [2.45, 2.75) is 52.0 Å². The van der Waals surface area contributed by atoms with E-state index in [1.165, 1.54) is 32.1 Å². The number of carbonyl (C=O) groups is 1. The van der Waals surface area contributed by atoms with Crippen LogP contribution in [0.15, 0.2) is 0 Å². The van der Waals surface area contributed by atoms with Gasteiger partial charge < -0.3 is 15.4 Å². The first-order chi connectivity index (χ1) is 10.7. The second-order valence-corrected chi connectivity index (χ2v) is 6.96. The molecule has 2 aliphatic rings. The minimum Gasteiger partial charge on any atom is -0.379 e. The summed E-state index contributed by atoms with van der Waals surface area (Å²) >= 11 is 0. The summed E-state index contributed by atoms with van der Waals surface area (Å²) in [6.07, 6.45) is 6.50. The molecule has 2 N–H and O–H groups in total. The zero-order valence-corrected chi connectivity index (χ0v) is 14.3. The number of amides is 2. The first-order valence-corrected chi connectivity index (χ1v) is 9.01. The Labute approximate surface area is 135 Å². The van der Waals surface area contributed by atoms with E-state index in [0.29, 0.717) is 5.92 Å². The van der Waals surface area contributed by atoms with Gasteiger partial charge in [0.2, 0.25) is 0 Å². The Morgan fingerprint density at radius 3 is 2.45 bits per heavy atom. The van der Waals surface area contributed by atoms with Gasteiger partial charge in [-0.25, -0.2) is 4.79 Å². The van der Waals surface area contributed by atoms with Crippen molar-refractivity contribution in [1.82, 2.24) is 15.5 Å². The zero-order valence-electron chi connectivity index (χ0n) is 14.3. The SMILES string of the molecule is CCC1CCC(CNC(=O)NC(C)CN2CCOCC2)CC1. The molecule has 5 heteroatoms. The standard InChI is InChI=1S/C17H33N3O2/c1-3-15-4-6-16(7-5-15)12-18-17(21)19-14(2)13-20-8-10-22-11-9-20/h14-16H,3-13H2,1-2H3,(H2,18,19,21). The van der Waals surface area contributed by atoms with Crippen molar-refractivity contribution in [3.63, 3.8) is 0 Å². The number of urea groups is 1. The van der Waals surface area contributed by atoms with Crippen molar-refractivity contribution in [3.05, 3.63) is 0 Å². The molecule has 0 spiro atoms. The smallest absolute Gasteiger partial charge is 0.315 e. The Hall–Kier alpha value is -0.810. The summed E-state index contributed by atoms with van der Waals surface area (Å²) in [6, 6.07) is 0.160. The molecule has 2 amide bonds. The van der Waals surface area contributed by atoms with Gasteiger partial charge in [0.15, 0.2) is 0 Å². The quantitative estimate of drug-likeness (QED) is 0.791. The molecule has 0 radical (unpaired) electrons. The Morgan fingerprint density at radius 1 is 1.18 bits per heavy atom. The van der Waals surface area contributed by atoms with Gasteiger partial charge in [-0.05, 0) is 31.6 Å². The zero-order chi connectivity index (χ0) is 15.8. The van der Waals surface area contributed by atoms with E-state index in [0.717, 1.165) is 45.3 Å². The van der Waals surface area contributed by atoms with Crippen LogP contribution in [-0.4, -0.2) is 56.4 Å². The normalized spacial score (nSPS) is 28.1. The molecule has 22 heavy (non-hydrogen) atoms. The largest absolute Gasteiger partial charge is 0.379 e. The van der Waals surface area contributed by atoms with Gasteiger partial charge in [-0.3, -0.25) is 4.90 Å². The molecular weight excluding hydrogens is 278 g/mol. The fourth-order valence-electron chi connectivity index (χ4n) is 3.57. The number of carbonyl (C=O) groups excluding carboxylic acids is 1. The van der Waals surface area contributed by atoms with E-state index in [-0.39, 0.29) is 12.1 Å². The summed E-state index contributed by atoms with van der Waals surface area (Å²) in [7, 11) is 0. The first-order valence-electron chi connectivity index (χ1n) is 9.01. The van der Waals surface area contributed by atoms with Crippen LogP contribution in [0.1, 0.15) is 46.0 Å². The van der Waals surface area contributed by atoms with Gasteiger partial charge in [-0.1, -0.05) is 26.2 Å². The minimum atomic E-state index is -0.0154. The van der Waals surface area contributed by atoms with Crippen LogP contribution in [-0.2, 0) is 4.74 Å². The molecule has 0 aromatic heterocycles. The molecular formula is C17H33N3O2. The Balaban J connectivity index is 1.57. The number of morpholine rings is 1. The van der Waals surface area contributed by atoms with Gasteiger partial charge >= 0.3 is 6.03 Å². The number of ether oxygens (including phenoxy) is 1. The highest BCUT2D eigenvalue weighted by molar-refractivity contribution is 5.74. The Kier molecular flexibility index (Phi) is 7.46. The van der Waals surface area contributed by atoms with E-state index in [1.54, 1.807) is 0 Å². The van der Waals surface area contributed by atoms with Crippen LogP contribution >= 0.6 is 0 Å². The predicted molar refractivity (Wildman–Crippen MR) is 89.0 cm³/mol. The molecule has 0 bridgehead atoms. The van der Waals surface area contributed by atoms with Crippen molar-refractivity contribution in [2.24, 2.45) is 11.8 Å². The molecule has 1 saturated carbocycles. The van der Waals surface area contributed by atoms with Crippen LogP contribution in [0.5, 0.6) is 0 Å².